The lowest BCUT2D eigenvalue weighted by atomic mass is 10.3. The molecule has 0 aliphatic heterocycles. The van der Waals surface area contributed by atoms with Crippen molar-refractivity contribution >= 4 is 11.6 Å². The van der Waals surface area contributed by atoms with Crippen molar-refractivity contribution in [2.45, 2.75) is 19.4 Å². The van der Waals surface area contributed by atoms with Crippen LogP contribution in [0.15, 0.2) is 24.3 Å². The Labute approximate surface area is 119 Å². The van der Waals surface area contributed by atoms with Gasteiger partial charge in [0.15, 0.2) is 0 Å². The Morgan fingerprint density at radius 3 is 3.00 bits per heavy atom. The van der Waals surface area contributed by atoms with E-state index >= 15 is 0 Å². The molecule has 0 saturated heterocycles. The summed E-state index contributed by atoms with van der Waals surface area (Å²) < 4.78 is 10.7. The molecule has 0 radical (unpaired) electrons. The van der Waals surface area contributed by atoms with E-state index in [0.29, 0.717) is 17.3 Å². The number of rotatable bonds is 10. The number of ether oxygens (including phenoxy) is 2. The Balaban J connectivity index is 2.06. The van der Waals surface area contributed by atoms with Crippen LogP contribution in [0.4, 0.5) is 0 Å². The number of hydrogen-bond donors (Lipinski definition) is 2. The average molecular weight is 288 g/mol. The Hall–Kier alpha value is -0.810. The second-order valence-corrected chi connectivity index (χ2v) is 4.61. The molecule has 1 rings (SSSR count). The monoisotopic (exact) mass is 287 g/mol. The van der Waals surface area contributed by atoms with Gasteiger partial charge < -0.3 is 19.9 Å². The summed E-state index contributed by atoms with van der Waals surface area (Å²) in [4.78, 5) is 0. The molecule has 1 aromatic rings. The quantitative estimate of drug-likeness (QED) is 0.647. The van der Waals surface area contributed by atoms with Gasteiger partial charge >= 0.3 is 0 Å². The zero-order valence-electron chi connectivity index (χ0n) is 11.3. The predicted molar refractivity (Wildman–Crippen MR) is 76.9 cm³/mol. The summed E-state index contributed by atoms with van der Waals surface area (Å²) in [5.41, 5.74) is 0. The molecular weight excluding hydrogens is 266 g/mol. The maximum absolute atomic E-state index is 9.73. The van der Waals surface area contributed by atoms with Crippen molar-refractivity contribution in [3.8, 4) is 5.75 Å². The minimum atomic E-state index is -0.536. The van der Waals surface area contributed by atoms with Crippen molar-refractivity contribution in [2.24, 2.45) is 0 Å². The summed E-state index contributed by atoms with van der Waals surface area (Å²) in [7, 11) is 0. The highest BCUT2D eigenvalue weighted by Gasteiger charge is 2.04. The predicted octanol–water partition coefficient (Wildman–Crippen LogP) is 2.10. The molecule has 0 amide bonds. The van der Waals surface area contributed by atoms with Crippen molar-refractivity contribution in [1.29, 1.82) is 0 Å². The summed E-state index contributed by atoms with van der Waals surface area (Å²) >= 11 is 5.84. The van der Waals surface area contributed by atoms with E-state index in [1.807, 2.05) is 19.1 Å². The van der Waals surface area contributed by atoms with Crippen LogP contribution < -0.4 is 10.1 Å². The van der Waals surface area contributed by atoms with E-state index in [0.717, 1.165) is 26.2 Å². The first kappa shape index (κ1) is 16.2. The first-order valence-electron chi connectivity index (χ1n) is 6.57. The van der Waals surface area contributed by atoms with Crippen LogP contribution in [0.25, 0.3) is 0 Å². The van der Waals surface area contributed by atoms with E-state index in [4.69, 9.17) is 21.1 Å². The molecule has 0 bridgehead atoms. The van der Waals surface area contributed by atoms with Crippen LogP contribution in [0, 0.1) is 0 Å². The van der Waals surface area contributed by atoms with Crippen LogP contribution in [0.3, 0.4) is 0 Å². The number of hydrogen-bond acceptors (Lipinski definition) is 4. The number of nitrogens with one attached hydrogen (secondary N) is 1. The zero-order chi connectivity index (χ0) is 13.9. The maximum atomic E-state index is 9.73. The molecule has 0 fully saturated rings. The van der Waals surface area contributed by atoms with Crippen LogP contribution in [-0.2, 0) is 4.74 Å². The molecule has 1 aromatic carbocycles. The topological polar surface area (TPSA) is 50.7 Å². The van der Waals surface area contributed by atoms with Crippen LogP contribution in [0.1, 0.15) is 13.3 Å². The standard InChI is InChI=1S/C14H22ClNO3/c1-2-18-8-4-7-16-10-13(17)11-19-14-6-3-5-12(15)9-14/h3,5-6,9,13,16-17H,2,4,7-8,10-11H2,1H3. The summed E-state index contributed by atoms with van der Waals surface area (Å²) in [6, 6.07) is 7.14. The van der Waals surface area contributed by atoms with Gasteiger partial charge in [0.05, 0.1) is 0 Å². The summed E-state index contributed by atoms with van der Waals surface area (Å²) in [6.07, 6.45) is 0.404. The Bertz CT molecular complexity index is 349. The second-order valence-electron chi connectivity index (χ2n) is 4.18. The van der Waals surface area contributed by atoms with Crippen LogP contribution in [0.2, 0.25) is 5.02 Å². The lowest BCUT2D eigenvalue weighted by Gasteiger charge is -2.13. The summed E-state index contributed by atoms with van der Waals surface area (Å²) in [5, 5.41) is 13.5. The number of halogens is 1. The van der Waals surface area contributed by atoms with Gasteiger partial charge in [0, 0.05) is 24.8 Å². The molecule has 0 aromatic heterocycles. The third-order valence-electron chi connectivity index (χ3n) is 2.46. The second kappa shape index (κ2) is 10.0. The molecule has 4 nitrogen and oxygen atoms in total. The van der Waals surface area contributed by atoms with E-state index in [9.17, 15) is 5.11 Å². The third-order valence-corrected chi connectivity index (χ3v) is 2.70. The molecule has 0 spiro atoms. The van der Waals surface area contributed by atoms with Gasteiger partial charge in [0.2, 0.25) is 0 Å². The van der Waals surface area contributed by atoms with Gasteiger partial charge in [-0.15, -0.1) is 0 Å². The first-order valence-corrected chi connectivity index (χ1v) is 6.95. The van der Waals surface area contributed by atoms with Gasteiger partial charge in [-0.05, 0) is 38.1 Å². The Morgan fingerprint density at radius 1 is 1.42 bits per heavy atom. The molecule has 0 aliphatic rings. The number of benzene rings is 1. The lowest BCUT2D eigenvalue weighted by Crippen LogP contribution is -2.32. The highest BCUT2D eigenvalue weighted by molar-refractivity contribution is 6.30. The van der Waals surface area contributed by atoms with Gasteiger partial charge in [0.1, 0.15) is 18.5 Å². The highest BCUT2D eigenvalue weighted by atomic mass is 35.5. The minimum Gasteiger partial charge on any atom is -0.491 e. The smallest absolute Gasteiger partial charge is 0.120 e. The summed E-state index contributed by atoms with van der Waals surface area (Å²) in [6.45, 7) is 5.05. The fraction of sp³-hybridized carbons (Fsp3) is 0.571. The van der Waals surface area contributed by atoms with Gasteiger partial charge in [-0.25, -0.2) is 0 Å². The molecule has 0 saturated carbocycles. The normalized spacial score (nSPS) is 12.4. The van der Waals surface area contributed by atoms with E-state index < -0.39 is 6.10 Å². The van der Waals surface area contributed by atoms with Gasteiger partial charge in [0.25, 0.3) is 0 Å². The van der Waals surface area contributed by atoms with Crippen molar-refractivity contribution in [3.05, 3.63) is 29.3 Å². The van der Waals surface area contributed by atoms with E-state index in [-0.39, 0.29) is 6.61 Å². The molecule has 1 unspecified atom stereocenters. The molecule has 5 heteroatoms. The fourth-order valence-corrected chi connectivity index (χ4v) is 1.70. The molecule has 0 heterocycles. The van der Waals surface area contributed by atoms with E-state index in [1.54, 1.807) is 12.1 Å². The lowest BCUT2D eigenvalue weighted by molar-refractivity contribution is 0.104. The van der Waals surface area contributed by atoms with Crippen LogP contribution >= 0.6 is 11.6 Å². The fourth-order valence-electron chi connectivity index (χ4n) is 1.52. The van der Waals surface area contributed by atoms with E-state index in [1.165, 1.54) is 0 Å². The average Bonchev–Trinajstić information content (AvgIpc) is 2.40. The SMILES string of the molecule is CCOCCCNCC(O)COc1cccc(Cl)c1. The zero-order valence-corrected chi connectivity index (χ0v) is 12.0. The number of aliphatic hydroxyl groups excluding tert-OH is 1. The highest BCUT2D eigenvalue weighted by Crippen LogP contribution is 2.17. The van der Waals surface area contributed by atoms with Gasteiger partial charge in [-0.2, -0.15) is 0 Å². The first-order chi connectivity index (χ1) is 9.22. The van der Waals surface area contributed by atoms with Gasteiger partial charge in [-0.3, -0.25) is 0 Å². The molecular formula is C14H22ClNO3. The Morgan fingerprint density at radius 2 is 2.26 bits per heavy atom. The van der Waals surface area contributed by atoms with Crippen LogP contribution in [0.5, 0.6) is 5.75 Å². The summed E-state index contributed by atoms with van der Waals surface area (Å²) in [5.74, 6) is 0.669. The van der Waals surface area contributed by atoms with Crippen molar-refractivity contribution in [2.75, 3.05) is 32.9 Å². The maximum Gasteiger partial charge on any atom is 0.120 e. The van der Waals surface area contributed by atoms with Gasteiger partial charge in [-0.1, -0.05) is 17.7 Å². The number of aliphatic hydroxyl groups is 1. The Kier molecular flexibility index (Phi) is 8.58. The molecule has 2 N–H and O–H groups in total. The van der Waals surface area contributed by atoms with E-state index in [2.05, 4.69) is 5.32 Å². The van der Waals surface area contributed by atoms with Crippen molar-refractivity contribution in [1.82, 2.24) is 5.32 Å². The van der Waals surface area contributed by atoms with Crippen molar-refractivity contribution in [3.63, 3.8) is 0 Å². The minimum absolute atomic E-state index is 0.249. The molecule has 0 aliphatic carbocycles. The molecule has 19 heavy (non-hydrogen) atoms. The largest absolute Gasteiger partial charge is 0.491 e. The third kappa shape index (κ3) is 8.06. The molecule has 1 atom stereocenters. The molecule has 108 valence electrons. The van der Waals surface area contributed by atoms with Crippen molar-refractivity contribution < 1.29 is 14.6 Å². The van der Waals surface area contributed by atoms with Crippen LogP contribution in [-0.4, -0.2) is 44.1 Å².